The SMILES string of the molecule is CCC(COC)NN1CCN(C)CC1. The first kappa shape index (κ1) is 11.9. The summed E-state index contributed by atoms with van der Waals surface area (Å²) in [6.07, 6.45) is 1.11. The lowest BCUT2D eigenvalue weighted by molar-refractivity contribution is 0.0592. The smallest absolute Gasteiger partial charge is 0.0629 e. The van der Waals surface area contributed by atoms with Crippen LogP contribution in [0.1, 0.15) is 13.3 Å². The molecule has 0 aromatic carbocycles. The van der Waals surface area contributed by atoms with Crippen LogP contribution in [-0.2, 0) is 4.74 Å². The number of hydrogen-bond donors (Lipinski definition) is 1. The zero-order valence-corrected chi connectivity index (χ0v) is 9.62. The molecule has 0 aromatic rings. The van der Waals surface area contributed by atoms with Crippen LogP contribution in [-0.4, -0.2) is 62.9 Å². The zero-order valence-electron chi connectivity index (χ0n) is 9.62. The van der Waals surface area contributed by atoms with E-state index in [0.29, 0.717) is 6.04 Å². The Hall–Kier alpha value is -0.160. The molecule has 0 amide bonds. The van der Waals surface area contributed by atoms with Gasteiger partial charge in [-0.2, -0.15) is 0 Å². The van der Waals surface area contributed by atoms with Gasteiger partial charge in [0.1, 0.15) is 0 Å². The van der Waals surface area contributed by atoms with Crippen LogP contribution in [0.15, 0.2) is 0 Å². The van der Waals surface area contributed by atoms with E-state index in [0.717, 1.165) is 39.2 Å². The normalized spacial score (nSPS) is 22.5. The highest BCUT2D eigenvalue weighted by Gasteiger charge is 2.16. The van der Waals surface area contributed by atoms with Crippen LogP contribution < -0.4 is 5.43 Å². The summed E-state index contributed by atoms with van der Waals surface area (Å²) < 4.78 is 5.16. The fourth-order valence-electron chi connectivity index (χ4n) is 1.64. The third-order valence-corrected chi connectivity index (χ3v) is 2.73. The largest absolute Gasteiger partial charge is 0.383 e. The monoisotopic (exact) mass is 201 g/mol. The summed E-state index contributed by atoms with van der Waals surface area (Å²) in [6, 6.07) is 0.461. The molecule has 0 aliphatic carbocycles. The maximum atomic E-state index is 5.16. The van der Waals surface area contributed by atoms with Crippen molar-refractivity contribution >= 4 is 0 Å². The molecule has 1 rings (SSSR count). The second-order valence-corrected chi connectivity index (χ2v) is 3.98. The minimum atomic E-state index is 0.461. The van der Waals surface area contributed by atoms with Crippen LogP contribution in [0.25, 0.3) is 0 Å². The molecule has 4 heteroatoms. The highest BCUT2D eigenvalue weighted by molar-refractivity contribution is 4.69. The number of ether oxygens (including phenoxy) is 1. The average Bonchev–Trinajstić information content (AvgIpc) is 2.20. The van der Waals surface area contributed by atoms with Gasteiger partial charge in [-0.05, 0) is 13.5 Å². The fourth-order valence-corrected chi connectivity index (χ4v) is 1.64. The summed E-state index contributed by atoms with van der Waals surface area (Å²) in [6.45, 7) is 7.50. The van der Waals surface area contributed by atoms with Gasteiger partial charge in [-0.3, -0.25) is 0 Å². The van der Waals surface area contributed by atoms with Crippen LogP contribution in [0.4, 0.5) is 0 Å². The summed E-state index contributed by atoms with van der Waals surface area (Å²) in [5.74, 6) is 0. The van der Waals surface area contributed by atoms with E-state index in [2.05, 4.69) is 29.3 Å². The minimum Gasteiger partial charge on any atom is -0.383 e. The summed E-state index contributed by atoms with van der Waals surface area (Å²) in [4.78, 5) is 2.36. The lowest BCUT2D eigenvalue weighted by Gasteiger charge is -2.35. The maximum Gasteiger partial charge on any atom is 0.0629 e. The Morgan fingerprint density at radius 2 is 1.93 bits per heavy atom. The van der Waals surface area contributed by atoms with Crippen molar-refractivity contribution in [1.29, 1.82) is 0 Å². The van der Waals surface area contributed by atoms with E-state index in [1.807, 2.05) is 0 Å². The van der Waals surface area contributed by atoms with Crippen molar-refractivity contribution in [3.05, 3.63) is 0 Å². The van der Waals surface area contributed by atoms with Gasteiger partial charge < -0.3 is 9.64 Å². The van der Waals surface area contributed by atoms with Gasteiger partial charge in [0, 0.05) is 39.3 Å². The van der Waals surface area contributed by atoms with Gasteiger partial charge in [0.05, 0.1) is 6.61 Å². The first-order chi connectivity index (χ1) is 6.76. The number of rotatable bonds is 5. The molecular formula is C10H23N3O. The van der Waals surface area contributed by atoms with E-state index >= 15 is 0 Å². The summed E-state index contributed by atoms with van der Waals surface area (Å²) in [5, 5.41) is 2.31. The van der Waals surface area contributed by atoms with Gasteiger partial charge >= 0.3 is 0 Å². The topological polar surface area (TPSA) is 27.7 Å². The maximum absolute atomic E-state index is 5.16. The molecule has 14 heavy (non-hydrogen) atoms. The molecule has 1 fully saturated rings. The number of hydrazine groups is 1. The Kier molecular flexibility index (Phi) is 5.40. The number of piperazine rings is 1. The average molecular weight is 201 g/mol. The zero-order chi connectivity index (χ0) is 10.4. The molecule has 0 bridgehead atoms. The van der Waals surface area contributed by atoms with Gasteiger partial charge in [0.15, 0.2) is 0 Å². The van der Waals surface area contributed by atoms with Crippen LogP contribution >= 0.6 is 0 Å². The molecular weight excluding hydrogens is 178 g/mol. The van der Waals surface area contributed by atoms with Crippen LogP contribution in [0, 0.1) is 0 Å². The number of methoxy groups -OCH3 is 1. The van der Waals surface area contributed by atoms with E-state index < -0.39 is 0 Å². The van der Waals surface area contributed by atoms with Crippen molar-refractivity contribution in [2.24, 2.45) is 0 Å². The molecule has 1 aliphatic heterocycles. The molecule has 1 unspecified atom stereocenters. The predicted molar refractivity (Wildman–Crippen MR) is 58.2 cm³/mol. The van der Waals surface area contributed by atoms with Crippen molar-refractivity contribution in [1.82, 2.24) is 15.3 Å². The second kappa shape index (κ2) is 6.35. The van der Waals surface area contributed by atoms with E-state index in [9.17, 15) is 0 Å². The summed E-state index contributed by atoms with van der Waals surface area (Å²) >= 11 is 0. The lowest BCUT2D eigenvalue weighted by atomic mass is 10.2. The van der Waals surface area contributed by atoms with E-state index in [-0.39, 0.29) is 0 Å². The molecule has 1 aliphatic rings. The van der Waals surface area contributed by atoms with Crippen molar-refractivity contribution < 1.29 is 4.74 Å². The van der Waals surface area contributed by atoms with Crippen LogP contribution in [0.3, 0.4) is 0 Å². The Balaban J connectivity index is 2.21. The Labute approximate surface area is 87.2 Å². The number of likely N-dealkylation sites (N-methyl/N-ethyl adjacent to an activating group) is 1. The van der Waals surface area contributed by atoms with Gasteiger partial charge in [-0.15, -0.1) is 0 Å². The fraction of sp³-hybridized carbons (Fsp3) is 1.00. The first-order valence-corrected chi connectivity index (χ1v) is 5.44. The Bertz CT molecular complexity index is 146. The standard InChI is InChI=1S/C10H23N3O/c1-4-10(9-14-3)11-13-7-5-12(2)6-8-13/h10-11H,4-9H2,1-3H3. The van der Waals surface area contributed by atoms with Gasteiger partial charge in [0.25, 0.3) is 0 Å². The molecule has 0 radical (unpaired) electrons. The van der Waals surface area contributed by atoms with Crippen molar-refractivity contribution in [3.63, 3.8) is 0 Å². The molecule has 0 spiro atoms. The Morgan fingerprint density at radius 1 is 1.29 bits per heavy atom. The number of hydrogen-bond acceptors (Lipinski definition) is 4. The first-order valence-electron chi connectivity index (χ1n) is 5.44. The second-order valence-electron chi connectivity index (χ2n) is 3.98. The quantitative estimate of drug-likeness (QED) is 0.686. The van der Waals surface area contributed by atoms with Crippen LogP contribution in [0.5, 0.6) is 0 Å². The third-order valence-electron chi connectivity index (χ3n) is 2.73. The highest BCUT2D eigenvalue weighted by Crippen LogP contribution is 1.99. The molecule has 1 atom stereocenters. The van der Waals surface area contributed by atoms with Gasteiger partial charge in [0.2, 0.25) is 0 Å². The van der Waals surface area contributed by atoms with Crippen molar-refractivity contribution in [3.8, 4) is 0 Å². The highest BCUT2D eigenvalue weighted by atomic mass is 16.5. The number of nitrogens with one attached hydrogen (secondary N) is 1. The van der Waals surface area contributed by atoms with Crippen molar-refractivity contribution in [2.75, 3.05) is 46.9 Å². The molecule has 0 aromatic heterocycles. The molecule has 4 nitrogen and oxygen atoms in total. The molecule has 1 N–H and O–H groups in total. The Morgan fingerprint density at radius 3 is 2.43 bits per heavy atom. The predicted octanol–water partition coefficient (Wildman–Crippen LogP) is 0.163. The lowest BCUT2D eigenvalue weighted by Crippen LogP contribution is -2.54. The van der Waals surface area contributed by atoms with E-state index in [1.165, 1.54) is 0 Å². The summed E-state index contributed by atoms with van der Waals surface area (Å²) in [7, 11) is 3.93. The molecule has 1 saturated heterocycles. The molecule has 84 valence electrons. The van der Waals surface area contributed by atoms with Gasteiger partial charge in [-0.25, -0.2) is 10.4 Å². The molecule has 1 heterocycles. The van der Waals surface area contributed by atoms with Crippen LogP contribution in [0.2, 0.25) is 0 Å². The third kappa shape index (κ3) is 3.92. The van der Waals surface area contributed by atoms with E-state index in [4.69, 9.17) is 4.74 Å². The number of nitrogens with zero attached hydrogens (tertiary/aromatic N) is 2. The minimum absolute atomic E-state index is 0.461. The molecule has 0 saturated carbocycles. The van der Waals surface area contributed by atoms with Crippen molar-refractivity contribution in [2.45, 2.75) is 19.4 Å². The summed E-state index contributed by atoms with van der Waals surface area (Å²) in [5.41, 5.74) is 3.51. The van der Waals surface area contributed by atoms with E-state index in [1.54, 1.807) is 7.11 Å². The van der Waals surface area contributed by atoms with Gasteiger partial charge in [-0.1, -0.05) is 6.92 Å².